The fraction of sp³-hybridized carbons (Fsp3) is 0.524. The second-order valence-corrected chi connectivity index (χ2v) is 7.02. The Morgan fingerprint density at radius 2 is 1.26 bits per heavy atom. The van der Waals surface area contributed by atoms with E-state index in [1.807, 2.05) is 6.92 Å². The van der Waals surface area contributed by atoms with Gasteiger partial charge in [-0.3, -0.25) is 0 Å². The molecule has 0 atom stereocenters. The van der Waals surface area contributed by atoms with Crippen molar-refractivity contribution in [2.45, 2.75) is 71.6 Å². The van der Waals surface area contributed by atoms with Crippen LogP contribution >= 0.6 is 0 Å². The number of rotatable bonds is 11. The van der Waals surface area contributed by atoms with E-state index in [9.17, 15) is 19.8 Å². The summed E-state index contributed by atoms with van der Waals surface area (Å²) in [6.45, 7) is 6.25. The minimum Gasteiger partial charge on any atom is -0.477 e. The molecule has 6 nitrogen and oxygen atoms in total. The molecular weight excluding hydrogens is 344 g/mol. The second kappa shape index (κ2) is 9.44. The van der Waals surface area contributed by atoms with Crippen molar-refractivity contribution in [3.63, 3.8) is 0 Å². The Kier molecular flexibility index (Phi) is 7.28. The van der Waals surface area contributed by atoms with Gasteiger partial charge in [0, 0.05) is 17.3 Å². The number of aromatic carboxylic acids is 2. The highest BCUT2D eigenvalue weighted by atomic mass is 16.4. The molecule has 2 rings (SSSR count). The predicted octanol–water partition coefficient (Wildman–Crippen LogP) is 4.97. The first kappa shape index (κ1) is 20.8. The topological polar surface area (TPSA) is 106 Å². The van der Waals surface area contributed by atoms with Crippen LogP contribution in [0.2, 0.25) is 0 Å². The van der Waals surface area contributed by atoms with Gasteiger partial charge in [-0.25, -0.2) is 9.59 Å². The summed E-state index contributed by atoms with van der Waals surface area (Å²) in [6.07, 6.45) is 6.37. The summed E-state index contributed by atoms with van der Waals surface area (Å²) in [6, 6.07) is 3.45. The molecule has 0 amide bonds. The summed E-state index contributed by atoms with van der Waals surface area (Å²) >= 11 is 0. The van der Waals surface area contributed by atoms with E-state index in [0.717, 1.165) is 67.5 Å². The third-order valence-corrected chi connectivity index (χ3v) is 5.03. The number of nitrogens with one attached hydrogen (secondary N) is 2. The van der Waals surface area contributed by atoms with Gasteiger partial charge in [0.25, 0.3) is 0 Å². The Morgan fingerprint density at radius 1 is 0.852 bits per heavy atom. The zero-order valence-corrected chi connectivity index (χ0v) is 16.4. The molecule has 2 aromatic rings. The third-order valence-electron chi connectivity index (χ3n) is 5.03. The highest BCUT2D eigenvalue weighted by molar-refractivity contribution is 5.87. The number of H-pyrrole nitrogens is 2. The molecule has 27 heavy (non-hydrogen) atoms. The van der Waals surface area contributed by atoms with Crippen molar-refractivity contribution in [2.24, 2.45) is 0 Å². The SMILES string of the molecule is CCCCc1cc(C(=O)O)[nH]c1C(CC)c1[nH]c(C(=O)O)cc1CCCC. The minimum atomic E-state index is -0.974. The molecule has 0 aromatic carbocycles. The molecule has 0 unspecified atom stereocenters. The number of carboxylic acids is 2. The summed E-state index contributed by atoms with van der Waals surface area (Å²) in [5, 5.41) is 18.8. The normalized spacial score (nSPS) is 11.3. The fourth-order valence-electron chi connectivity index (χ4n) is 3.58. The smallest absolute Gasteiger partial charge is 0.352 e. The molecule has 0 fully saturated rings. The molecule has 2 heterocycles. The average molecular weight is 374 g/mol. The number of aryl methyl sites for hydroxylation is 2. The molecule has 0 bridgehead atoms. The van der Waals surface area contributed by atoms with Gasteiger partial charge in [-0.2, -0.15) is 0 Å². The fourth-order valence-corrected chi connectivity index (χ4v) is 3.58. The third kappa shape index (κ3) is 4.81. The van der Waals surface area contributed by atoms with Crippen molar-refractivity contribution < 1.29 is 19.8 Å². The summed E-state index contributed by atoms with van der Waals surface area (Å²) in [7, 11) is 0. The largest absolute Gasteiger partial charge is 0.477 e. The molecular formula is C21H30N2O4. The van der Waals surface area contributed by atoms with Crippen LogP contribution in [0, 0.1) is 0 Å². The van der Waals surface area contributed by atoms with Crippen molar-refractivity contribution in [3.05, 3.63) is 46.0 Å². The lowest BCUT2D eigenvalue weighted by molar-refractivity contribution is 0.0680. The molecule has 0 saturated carbocycles. The van der Waals surface area contributed by atoms with Gasteiger partial charge in [-0.05, 0) is 55.4 Å². The highest BCUT2D eigenvalue weighted by Gasteiger charge is 2.25. The van der Waals surface area contributed by atoms with Crippen LogP contribution in [0.25, 0.3) is 0 Å². The standard InChI is InChI=1S/C21H30N2O4/c1-4-7-9-13-11-16(20(24)25)22-18(13)15(6-3)19-14(10-8-5-2)12-17(23-19)21(26)27/h11-12,15,22-23H,4-10H2,1-3H3,(H,24,25)(H,26,27). The van der Waals surface area contributed by atoms with Gasteiger partial charge >= 0.3 is 11.9 Å². The van der Waals surface area contributed by atoms with Crippen LogP contribution in [0.4, 0.5) is 0 Å². The Hall–Kier alpha value is -2.50. The number of hydrogen-bond donors (Lipinski definition) is 4. The Labute approximate surface area is 160 Å². The van der Waals surface area contributed by atoms with E-state index in [-0.39, 0.29) is 17.3 Å². The molecule has 0 radical (unpaired) electrons. The lowest BCUT2D eigenvalue weighted by Crippen LogP contribution is -2.08. The highest BCUT2D eigenvalue weighted by Crippen LogP contribution is 2.34. The maximum atomic E-state index is 11.5. The van der Waals surface area contributed by atoms with Gasteiger partial charge in [-0.15, -0.1) is 0 Å². The van der Waals surface area contributed by atoms with E-state index >= 15 is 0 Å². The van der Waals surface area contributed by atoms with Crippen LogP contribution in [-0.4, -0.2) is 32.1 Å². The van der Waals surface area contributed by atoms with E-state index in [2.05, 4.69) is 23.8 Å². The van der Waals surface area contributed by atoms with Crippen molar-refractivity contribution >= 4 is 11.9 Å². The quantitative estimate of drug-likeness (QED) is 0.445. The first-order valence-electron chi connectivity index (χ1n) is 9.82. The van der Waals surface area contributed by atoms with Crippen molar-refractivity contribution in [2.75, 3.05) is 0 Å². The lowest BCUT2D eigenvalue weighted by atomic mass is 9.90. The average Bonchev–Trinajstić information content (AvgIpc) is 3.24. The summed E-state index contributed by atoms with van der Waals surface area (Å²) < 4.78 is 0. The molecule has 0 saturated heterocycles. The lowest BCUT2D eigenvalue weighted by Gasteiger charge is -2.17. The first-order chi connectivity index (χ1) is 12.9. The Bertz CT molecular complexity index is 724. The monoisotopic (exact) mass is 374 g/mol. The number of carbonyl (C=O) groups is 2. The van der Waals surface area contributed by atoms with Gasteiger partial charge < -0.3 is 20.2 Å². The van der Waals surface area contributed by atoms with Gasteiger partial charge in [0.2, 0.25) is 0 Å². The van der Waals surface area contributed by atoms with Crippen LogP contribution in [0.15, 0.2) is 12.1 Å². The number of hydrogen-bond acceptors (Lipinski definition) is 2. The molecule has 4 N–H and O–H groups in total. The minimum absolute atomic E-state index is 0.0788. The van der Waals surface area contributed by atoms with Crippen molar-refractivity contribution in [3.8, 4) is 0 Å². The molecule has 2 aromatic heterocycles. The molecule has 0 spiro atoms. The number of unbranched alkanes of at least 4 members (excludes halogenated alkanes) is 2. The van der Waals surface area contributed by atoms with E-state index in [4.69, 9.17) is 0 Å². The van der Waals surface area contributed by atoms with Crippen LogP contribution in [0.5, 0.6) is 0 Å². The summed E-state index contributed by atoms with van der Waals surface area (Å²) in [4.78, 5) is 29.1. The molecule has 0 aliphatic rings. The van der Waals surface area contributed by atoms with Crippen LogP contribution in [0.3, 0.4) is 0 Å². The molecule has 0 aliphatic heterocycles. The zero-order valence-electron chi connectivity index (χ0n) is 16.4. The van der Waals surface area contributed by atoms with Gasteiger partial charge in [-0.1, -0.05) is 33.6 Å². The van der Waals surface area contributed by atoms with E-state index in [1.54, 1.807) is 12.1 Å². The second-order valence-electron chi connectivity index (χ2n) is 7.02. The van der Waals surface area contributed by atoms with Crippen molar-refractivity contribution in [1.29, 1.82) is 0 Å². The number of aromatic amines is 2. The van der Waals surface area contributed by atoms with Crippen LogP contribution in [0.1, 0.15) is 102 Å². The van der Waals surface area contributed by atoms with Crippen LogP contribution < -0.4 is 0 Å². The van der Waals surface area contributed by atoms with Gasteiger partial charge in [0.05, 0.1) is 0 Å². The zero-order chi connectivity index (χ0) is 20.0. The van der Waals surface area contributed by atoms with Crippen molar-refractivity contribution in [1.82, 2.24) is 9.97 Å². The maximum Gasteiger partial charge on any atom is 0.352 e. The Morgan fingerprint density at radius 3 is 1.56 bits per heavy atom. The summed E-state index contributed by atoms with van der Waals surface area (Å²) in [5.74, 6) is -2.03. The molecule has 148 valence electrons. The number of aromatic nitrogens is 2. The van der Waals surface area contributed by atoms with E-state index < -0.39 is 11.9 Å². The van der Waals surface area contributed by atoms with Crippen LogP contribution in [-0.2, 0) is 12.8 Å². The Balaban J connectivity index is 2.52. The van der Waals surface area contributed by atoms with Gasteiger partial charge in [0.15, 0.2) is 0 Å². The van der Waals surface area contributed by atoms with E-state index in [0.29, 0.717) is 0 Å². The molecule has 6 heteroatoms. The predicted molar refractivity (Wildman–Crippen MR) is 105 cm³/mol. The van der Waals surface area contributed by atoms with Gasteiger partial charge in [0.1, 0.15) is 11.4 Å². The summed E-state index contributed by atoms with van der Waals surface area (Å²) in [5.41, 5.74) is 4.17. The molecule has 0 aliphatic carbocycles. The maximum absolute atomic E-state index is 11.5. The van der Waals surface area contributed by atoms with E-state index in [1.165, 1.54) is 0 Å². The number of carboxylic acid groups (broad SMARTS) is 2. The first-order valence-corrected chi connectivity index (χ1v) is 9.82.